The first-order valence-electron chi connectivity index (χ1n) is 5.65. The number of ether oxygens (including phenoxy) is 1. The third-order valence-corrected chi connectivity index (χ3v) is 3.42. The van der Waals surface area contributed by atoms with Crippen molar-refractivity contribution < 1.29 is 9.53 Å². The van der Waals surface area contributed by atoms with E-state index in [-0.39, 0.29) is 30.0 Å². The highest BCUT2D eigenvalue weighted by Crippen LogP contribution is 2.32. The molecule has 4 unspecified atom stereocenters. The average molecular weight is 244 g/mol. The van der Waals surface area contributed by atoms with Crippen LogP contribution in [0.1, 0.15) is 27.2 Å². The van der Waals surface area contributed by atoms with E-state index < -0.39 is 0 Å². The van der Waals surface area contributed by atoms with Crippen LogP contribution in [0.15, 0.2) is 0 Å². The second-order valence-electron chi connectivity index (χ2n) is 4.44. The Morgan fingerprint density at radius 3 is 2.44 bits per heavy atom. The quantitative estimate of drug-likeness (QED) is 0.719. The van der Waals surface area contributed by atoms with Crippen LogP contribution in [0.2, 0.25) is 0 Å². The van der Waals surface area contributed by atoms with E-state index in [1.165, 1.54) is 0 Å². The lowest BCUT2D eigenvalue weighted by molar-refractivity contribution is -0.127. The number of rotatable bonds is 4. The third kappa shape index (κ3) is 3.15. The highest BCUT2D eigenvalue weighted by Gasteiger charge is 2.41. The van der Waals surface area contributed by atoms with Gasteiger partial charge in [0.15, 0.2) is 0 Å². The highest BCUT2D eigenvalue weighted by atomic mass is 32.1. The van der Waals surface area contributed by atoms with Crippen LogP contribution in [-0.4, -0.2) is 29.6 Å². The van der Waals surface area contributed by atoms with Crippen LogP contribution in [0.3, 0.4) is 0 Å². The maximum Gasteiger partial charge on any atom is 0.226 e. The van der Waals surface area contributed by atoms with Gasteiger partial charge in [0, 0.05) is 13.0 Å². The van der Waals surface area contributed by atoms with Crippen molar-refractivity contribution in [2.24, 2.45) is 17.6 Å². The molecule has 0 radical (unpaired) electrons. The van der Waals surface area contributed by atoms with Crippen LogP contribution in [0.4, 0.5) is 0 Å². The molecule has 0 aromatic rings. The maximum absolute atomic E-state index is 11.9. The summed E-state index contributed by atoms with van der Waals surface area (Å²) in [5, 5.41) is 2.85. The molecule has 0 spiro atoms. The normalized spacial score (nSPS) is 33.7. The summed E-state index contributed by atoms with van der Waals surface area (Å²) in [7, 11) is 0. The van der Waals surface area contributed by atoms with E-state index in [1.807, 2.05) is 20.8 Å². The zero-order valence-electron chi connectivity index (χ0n) is 10.0. The zero-order valence-corrected chi connectivity index (χ0v) is 10.8. The fourth-order valence-corrected chi connectivity index (χ4v) is 2.25. The number of nitrogens with two attached hydrogens (primary N) is 1. The Morgan fingerprint density at radius 2 is 2.00 bits per heavy atom. The monoisotopic (exact) mass is 244 g/mol. The molecule has 1 heterocycles. The fourth-order valence-electron chi connectivity index (χ4n) is 2.15. The molecule has 1 aliphatic heterocycles. The van der Waals surface area contributed by atoms with E-state index in [0.29, 0.717) is 18.0 Å². The number of hydrogen-bond donors (Lipinski definition) is 2. The first-order chi connectivity index (χ1) is 7.43. The molecule has 1 rings (SSSR count). The minimum absolute atomic E-state index is 0.0187. The second-order valence-corrected chi connectivity index (χ2v) is 4.96. The molecule has 0 aromatic carbocycles. The summed E-state index contributed by atoms with van der Waals surface area (Å²) < 4.78 is 5.62. The molecule has 3 N–H and O–H groups in total. The zero-order chi connectivity index (χ0) is 12.3. The molecule has 1 amide bonds. The molecule has 0 aliphatic carbocycles. The van der Waals surface area contributed by atoms with Gasteiger partial charge in [-0.25, -0.2) is 0 Å². The Bertz CT molecular complexity index is 283. The molecule has 92 valence electrons. The van der Waals surface area contributed by atoms with Crippen LogP contribution in [0.25, 0.3) is 0 Å². The summed E-state index contributed by atoms with van der Waals surface area (Å²) >= 11 is 4.75. The molecule has 0 aromatic heterocycles. The molecule has 0 saturated carbocycles. The molecule has 16 heavy (non-hydrogen) atoms. The predicted octanol–water partition coefficient (Wildman–Crippen LogP) is 0.838. The number of hydrogen-bond acceptors (Lipinski definition) is 3. The topological polar surface area (TPSA) is 64.3 Å². The van der Waals surface area contributed by atoms with Crippen molar-refractivity contribution in [2.45, 2.75) is 39.4 Å². The standard InChI is InChI=1S/C11H20N2O2S/c1-6-7(2)15-8(3)10(6)11(14)13-5-4-9(12)16/h6-8,10H,4-5H2,1-3H3,(H2,12,16)(H,13,14). The number of thiocarbonyl (C=S) groups is 1. The maximum atomic E-state index is 11.9. The van der Waals surface area contributed by atoms with Crippen LogP contribution >= 0.6 is 12.2 Å². The van der Waals surface area contributed by atoms with Crippen LogP contribution in [0.5, 0.6) is 0 Å². The lowest BCUT2D eigenvalue weighted by Gasteiger charge is -2.17. The summed E-state index contributed by atoms with van der Waals surface area (Å²) in [5.41, 5.74) is 5.36. The number of carbonyl (C=O) groups excluding carboxylic acids is 1. The molecule has 5 heteroatoms. The summed E-state index contributed by atoms with van der Waals surface area (Å²) in [6.45, 7) is 6.51. The first-order valence-corrected chi connectivity index (χ1v) is 6.05. The van der Waals surface area contributed by atoms with Gasteiger partial charge >= 0.3 is 0 Å². The van der Waals surface area contributed by atoms with Crippen molar-refractivity contribution >= 4 is 23.1 Å². The summed E-state index contributed by atoms with van der Waals surface area (Å²) in [6, 6.07) is 0. The van der Waals surface area contributed by atoms with E-state index >= 15 is 0 Å². The largest absolute Gasteiger partial charge is 0.393 e. The minimum atomic E-state index is -0.0682. The first kappa shape index (κ1) is 13.4. The van der Waals surface area contributed by atoms with Gasteiger partial charge in [0.05, 0.1) is 23.1 Å². The number of amides is 1. The van der Waals surface area contributed by atoms with Crippen molar-refractivity contribution in [1.29, 1.82) is 0 Å². The molecule has 4 atom stereocenters. The van der Waals surface area contributed by atoms with E-state index in [9.17, 15) is 4.79 Å². The minimum Gasteiger partial charge on any atom is -0.393 e. The van der Waals surface area contributed by atoms with Gasteiger partial charge in [-0.1, -0.05) is 19.1 Å². The Balaban J connectivity index is 2.44. The van der Waals surface area contributed by atoms with Crippen LogP contribution in [-0.2, 0) is 9.53 Å². The van der Waals surface area contributed by atoms with Gasteiger partial charge in [-0.05, 0) is 19.8 Å². The van der Waals surface area contributed by atoms with Gasteiger partial charge in [-0.3, -0.25) is 4.79 Å². The summed E-state index contributed by atoms with van der Waals surface area (Å²) in [5.74, 6) is 0.224. The Kier molecular flexibility index (Phi) is 4.68. The average Bonchev–Trinajstić information content (AvgIpc) is 2.40. The molecule has 1 saturated heterocycles. The van der Waals surface area contributed by atoms with Crippen LogP contribution < -0.4 is 11.1 Å². The Hall–Kier alpha value is -0.680. The van der Waals surface area contributed by atoms with Crippen molar-refractivity contribution in [3.8, 4) is 0 Å². The van der Waals surface area contributed by atoms with Gasteiger partial charge in [0.1, 0.15) is 0 Å². The summed E-state index contributed by atoms with van der Waals surface area (Å²) in [6.07, 6.45) is 0.670. The Morgan fingerprint density at radius 1 is 1.38 bits per heavy atom. The second kappa shape index (κ2) is 5.59. The van der Waals surface area contributed by atoms with Crippen molar-refractivity contribution in [3.63, 3.8) is 0 Å². The highest BCUT2D eigenvalue weighted by molar-refractivity contribution is 7.80. The smallest absolute Gasteiger partial charge is 0.226 e. The molecule has 0 bridgehead atoms. The van der Waals surface area contributed by atoms with Crippen molar-refractivity contribution in [2.75, 3.05) is 6.54 Å². The third-order valence-electron chi connectivity index (χ3n) is 3.22. The predicted molar refractivity (Wildman–Crippen MR) is 67.1 cm³/mol. The van der Waals surface area contributed by atoms with Gasteiger partial charge in [-0.15, -0.1) is 0 Å². The Labute approximate surface area is 102 Å². The van der Waals surface area contributed by atoms with Gasteiger partial charge in [0.25, 0.3) is 0 Å². The van der Waals surface area contributed by atoms with E-state index in [1.54, 1.807) is 0 Å². The van der Waals surface area contributed by atoms with E-state index in [0.717, 1.165) is 0 Å². The molecule has 4 nitrogen and oxygen atoms in total. The molecule has 1 aliphatic rings. The molecule has 1 fully saturated rings. The SMILES string of the molecule is CC1OC(C)C(C(=O)NCCC(N)=S)C1C. The van der Waals surface area contributed by atoms with Gasteiger partial charge in [0.2, 0.25) is 5.91 Å². The van der Waals surface area contributed by atoms with Crippen molar-refractivity contribution in [3.05, 3.63) is 0 Å². The fraction of sp³-hybridized carbons (Fsp3) is 0.818. The lowest BCUT2D eigenvalue weighted by Crippen LogP contribution is -2.38. The summed E-state index contributed by atoms with van der Waals surface area (Å²) in [4.78, 5) is 12.3. The lowest BCUT2D eigenvalue weighted by atomic mass is 9.89. The molecular formula is C11H20N2O2S. The van der Waals surface area contributed by atoms with E-state index in [4.69, 9.17) is 22.7 Å². The number of nitrogens with one attached hydrogen (secondary N) is 1. The van der Waals surface area contributed by atoms with Crippen molar-refractivity contribution in [1.82, 2.24) is 5.32 Å². The van der Waals surface area contributed by atoms with Gasteiger partial charge in [-0.2, -0.15) is 0 Å². The van der Waals surface area contributed by atoms with Gasteiger partial charge < -0.3 is 15.8 Å². The van der Waals surface area contributed by atoms with E-state index in [2.05, 4.69) is 5.32 Å². The van der Waals surface area contributed by atoms with Crippen LogP contribution in [0, 0.1) is 11.8 Å². The molecular weight excluding hydrogens is 224 g/mol. The number of carbonyl (C=O) groups is 1.